The van der Waals surface area contributed by atoms with Crippen molar-refractivity contribution in [2.45, 2.75) is 111 Å². The van der Waals surface area contributed by atoms with Crippen molar-refractivity contribution in [1.29, 1.82) is 0 Å². The Hall–Kier alpha value is -1.96. The average molecular weight is 425 g/mol. The van der Waals surface area contributed by atoms with Gasteiger partial charge in [-0.1, -0.05) is 92.5 Å². The summed E-state index contributed by atoms with van der Waals surface area (Å²) in [5.41, 5.74) is 6.06. The molecular formula is C29H44O2. The van der Waals surface area contributed by atoms with Crippen LogP contribution in [0.5, 0.6) is 11.5 Å². The van der Waals surface area contributed by atoms with Gasteiger partial charge in [0.25, 0.3) is 0 Å². The zero-order valence-electron chi connectivity index (χ0n) is 21.2. The monoisotopic (exact) mass is 424 g/mol. The van der Waals surface area contributed by atoms with Crippen LogP contribution in [0, 0.1) is 0 Å². The summed E-state index contributed by atoms with van der Waals surface area (Å²) < 4.78 is 0. The normalized spacial score (nSPS) is 12.4. The van der Waals surface area contributed by atoms with Gasteiger partial charge in [-0.2, -0.15) is 0 Å². The van der Waals surface area contributed by atoms with E-state index in [1.165, 1.54) is 11.1 Å². The summed E-state index contributed by atoms with van der Waals surface area (Å²) >= 11 is 0. The Morgan fingerprint density at radius 2 is 0.968 bits per heavy atom. The van der Waals surface area contributed by atoms with Crippen LogP contribution in [0.4, 0.5) is 0 Å². The van der Waals surface area contributed by atoms with Crippen LogP contribution in [-0.4, -0.2) is 10.2 Å². The topological polar surface area (TPSA) is 40.5 Å². The second kappa shape index (κ2) is 10.1. The summed E-state index contributed by atoms with van der Waals surface area (Å²) in [5, 5.41) is 22.7. The van der Waals surface area contributed by atoms with Gasteiger partial charge in [-0.15, -0.1) is 0 Å². The summed E-state index contributed by atoms with van der Waals surface area (Å²) in [5.74, 6) is 0.811. The molecule has 31 heavy (non-hydrogen) atoms. The number of hydrogen-bond donors (Lipinski definition) is 2. The van der Waals surface area contributed by atoms with Gasteiger partial charge in [0.1, 0.15) is 11.5 Å². The van der Waals surface area contributed by atoms with Crippen molar-refractivity contribution in [3.05, 3.63) is 57.6 Å². The molecule has 0 spiro atoms. The molecule has 0 saturated carbocycles. The zero-order valence-corrected chi connectivity index (χ0v) is 21.2. The number of phenolic OH excluding ortho intramolecular Hbond substituents is 2. The summed E-state index contributed by atoms with van der Waals surface area (Å²) in [6.45, 7) is 17.2. The molecule has 0 atom stereocenters. The Morgan fingerprint density at radius 3 is 1.26 bits per heavy atom. The first kappa shape index (κ1) is 25.3. The molecular weight excluding hydrogens is 380 g/mol. The number of aryl methyl sites for hydroxylation is 2. The minimum Gasteiger partial charge on any atom is -0.507 e. The third kappa shape index (κ3) is 6.05. The molecule has 0 radical (unpaired) electrons. The van der Waals surface area contributed by atoms with Gasteiger partial charge in [-0.3, -0.25) is 0 Å². The summed E-state index contributed by atoms with van der Waals surface area (Å²) in [4.78, 5) is 0. The molecule has 2 N–H and O–H groups in total. The fourth-order valence-corrected chi connectivity index (χ4v) is 4.34. The van der Waals surface area contributed by atoms with Gasteiger partial charge in [0.05, 0.1) is 0 Å². The van der Waals surface area contributed by atoms with Crippen LogP contribution in [0.25, 0.3) is 0 Å². The molecule has 0 aliphatic carbocycles. The second-order valence-corrected chi connectivity index (χ2v) is 11.1. The maximum absolute atomic E-state index is 11.4. The SMILES string of the molecule is CCCCc1ccc(C(C)(C)C)c(O)c1Cc1c(CCCC)ccc(C(C)(C)C)c1O. The molecule has 0 aromatic heterocycles. The Morgan fingerprint density at radius 1 is 0.613 bits per heavy atom. The molecule has 2 rings (SSSR count). The Labute approximate surface area is 190 Å². The fourth-order valence-electron chi connectivity index (χ4n) is 4.34. The van der Waals surface area contributed by atoms with E-state index in [9.17, 15) is 10.2 Å². The highest BCUT2D eigenvalue weighted by atomic mass is 16.3. The van der Waals surface area contributed by atoms with Gasteiger partial charge < -0.3 is 10.2 Å². The molecule has 172 valence electrons. The van der Waals surface area contributed by atoms with Gasteiger partial charge in [0.15, 0.2) is 0 Å². The molecule has 0 amide bonds. The van der Waals surface area contributed by atoms with E-state index >= 15 is 0 Å². The van der Waals surface area contributed by atoms with Gasteiger partial charge in [-0.05, 0) is 58.8 Å². The quantitative estimate of drug-likeness (QED) is 0.451. The van der Waals surface area contributed by atoms with E-state index in [4.69, 9.17) is 0 Å². The third-order valence-corrected chi connectivity index (χ3v) is 6.33. The minimum absolute atomic E-state index is 0.136. The van der Waals surface area contributed by atoms with E-state index in [1.807, 2.05) is 0 Å². The second-order valence-electron chi connectivity index (χ2n) is 11.1. The first-order valence-electron chi connectivity index (χ1n) is 12.1. The minimum atomic E-state index is -0.136. The highest BCUT2D eigenvalue weighted by Crippen LogP contribution is 2.41. The molecule has 0 unspecified atom stereocenters. The Kier molecular flexibility index (Phi) is 8.25. The van der Waals surface area contributed by atoms with E-state index in [2.05, 4.69) is 79.7 Å². The number of hydrogen-bond acceptors (Lipinski definition) is 2. The van der Waals surface area contributed by atoms with Crippen LogP contribution >= 0.6 is 0 Å². The van der Waals surface area contributed by atoms with Crippen LogP contribution in [0.2, 0.25) is 0 Å². The Bertz CT molecular complexity index is 806. The first-order valence-corrected chi connectivity index (χ1v) is 12.1. The highest BCUT2D eigenvalue weighted by molar-refractivity contribution is 5.55. The molecule has 0 heterocycles. The number of aromatic hydroxyl groups is 2. The molecule has 2 nitrogen and oxygen atoms in total. The lowest BCUT2D eigenvalue weighted by atomic mass is 9.80. The van der Waals surface area contributed by atoms with Crippen LogP contribution in [-0.2, 0) is 30.1 Å². The Balaban J connectivity index is 2.69. The van der Waals surface area contributed by atoms with Gasteiger partial charge in [0, 0.05) is 17.5 Å². The van der Waals surface area contributed by atoms with Crippen molar-refractivity contribution in [1.82, 2.24) is 0 Å². The average Bonchev–Trinajstić information content (AvgIpc) is 2.66. The van der Waals surface area contributed by atoms with E-state index < -0.39 is 0 Å². The van der Waals surface area contributed by atoms with Crippen molar-refractivity contribution in [3.63, 3.8) is 0 Å². The maximum Gasteiger partial charge on any atom is 0.123 e. The van der Waals surface area contributed by atoms with Crippen LogP contribution in [0.1, 0.15) is 114 Å². The predicted octanol–water partition coefficient (Wildman–Crippen LogP) is 7.97. The van der Waals surface area contributed by atoms with Crippen molar-refractivity contribution in [2.75, 3.05) is 0 Å². The van der Waals surface area contributed by atoms with Crippen molar-refractivity contribution < 1.29 is 10.2 Å². The highest BCUT2D eigenvalue weighted by Gasteiger charge is 2.26. The smallest absolute Gasteiger partial charge is 0.123 e. The summed E-state index contributed by atoms with van der Waals surface area (Å²) in [7, 11) is 0. The van der Waals surface area contributed by atoms with E-state index in [0.717, 1.165) is 60.8 Å². The number of phenols is 2. The standard InChI is InChI=1S/C29H44O2/c1-9-11-13-20-15-17-24(28(3,4)5)26(30)22(20)19-23-21(14-12-10-2)16-18-25(27(23)31)29(6,7)8/h15-18,30-31H,9-14,19H2,1-8H3. The predicted molar refractivity (Wildman–Crippen MR) is 134 cm³/mol. The first-order chi connectivity index (χ1) is 14.4. The van der Waals surface area contributed by atoms with Gasteiger partial charge >= 0.3 is 0 Å². The van der Waals surface area contributed by atoms with Gasteiger partial charge in [0.2, 0.25) is 0 Å². The summed E-state index contributed by atoms with van der Waals surface area (Å²) in [6.07, 6.45) is 6.91. The largest absolute Gasteiger partial charge is 0.507 e. The lowest BCUT2D eigenvalue weighted by Crippen LogP contribution is -2.15. The molecule has 2 heteroatoms. The molecule has 0 aliphatic rings. The molecule has 0 fully saturated rings. The van der Waals surface area contributed by atoms with E-state index in [1.54, 1.807) is 0 Å². The van der Waals surface area contributed by atoms with Crippen molar-refractivity contribution >= 4 is 0 Å². The van der Waals surface area contributed by atoms with Crippen LogP contribution < -0.4 is 0 Å². The van der Waals surface area contributed by atoms with E-state index in [-0.39, 0.29) is 10.8 Å². The van der Waals surface area contributed by atoms with Crippen molar-refractivity contribution in [3.8, 4) is 11.5 Å². The molecule has 0 saturated heterocycles. The number of unbranched alkanes of at least 4 members (excludes halogenated alkanes) is 2. The molecule has 0 aliphatic heterocycles. The number of benzene rings is 2. The molecule has 2 aromatic carbocycles. The number of rotatable bonds is 8. The summed E-state index contributed by atoms with van der Waals surface area (Å²) in [6, 6.07) is 8.57. The van der Waals surface area contributed by atoms with Gasteiger partial charge in [-0.25, -0.2) is 0 Å². The lowest BCUT2D eigenvalue weighted by molar-refractivity contribution is 0.434. The van der Waals surface area contributed by atoms with Crippen molar-refractivity contribution in [2.24, 2.45) is 0 Å². The molecule has 2 aromatic rings. The molecule has 0 bridgehead atoms. The van der Waals surface area contributed by atoms with E-state index in [0.29, 0.717) is 17.9 Å². The van der Waals surface area contributed by atoms with Crippen LogP contribution in [0.3, 0.4) is 0 Å². The fraction of sp³-hybridized carbons (Fsp3) is 0.586. The zero-order chi connectivity index (χ0) is 23.4. The lowest BCUT2D eigenvalue weighted by Gasteiger charge is -2.26. The third-order valence-electron chi connectivity index (χ3n) is 6.33. The van der Waals surface area contributed by atoms with Crippen LogP contribution in [0.15, 0.2) is 24.3 Å². The maximum atomic E-state index is 11.4.